The van der Waals surface area contributed by atoms with Gasteiger partial charge >= 0.3 is 12.3 Å². The minimum atomic E-state index is -4.72. The van der Waals surface area contributed by atoms with Gasteiger partial charge in [0.25, 0.3) is 0 Å². The number of hydrogen-bond acceptors (Lipinski definition) is 3. The SMILES string of the molecule is O=C(O)CCCCNC(=O)CCc1ccc(OC(F)(F)F)cc1. The predicted octanol–water partition coefficient (Wildman–Crippen LogP) is 2.89. The summed E-state index contributed by atoms with van der Waals surface area (Å²) in [4.78, 5) is 21.9. The Morgan fingerprint density at radius 1 is 1.09 bits per heavy atom. The Hall–Kier alpha value is -2.25. The molecule has 5 nitrogen and oxygen atoms in total. The van der Waals surface area contributed by atoms with E-state index in [2.05, 4.69) is 10.1 Å². The van der Waals surface area contributed by atoms with Gasteiger partial charge in [-0.15, -0.1) is 13.2 Å². The lowest BCUT2D eigenvalue weighted by atomic mass is 10.1. The van der Waals surface area contributed by atoms with Crippen LogP contribution >= 0.6 is 0 Å². The molecule has 1 rings (SSSR count). The molecular formula is C15H18F3NO4. The number of halogens is 3. The molecule has 0 unspecified atom stereocenters. The number of nitrogens with one attached hydrogen (secondary N) is 1. The van der Waals surface area contributed by atoms with Gasteiger partial charge in [-0.25, -0.2) is 0 Å². The van der Waals surface area contributed by atoms with E-state index in [1.54, 1.807) is 0 Å². The van der Waals surface area contributed by atoms with Crippen molar-refractivity contribution in [1.82, 2.24) is 5.32 Å². The summed E-state index contributed by atoms with van der Waals surface area (Å²) >= 11 is 0. The van der Waals surface area contributed by atoms with Gasteiger partial charge in [0.2, 0.25) is 5.91 Å². The van der Waals surface area contributed by atoms with E-state index in [0.29, 0.717) is 25.8 Å². The molecule has 2 N–H and O–H groups in total. The van der Waals surface area contributed by atoms with E-state index < -0.39 is 12.3 Å². The molecule has 1 aromatic carbocycles. The number of hydrogen-bond donors (Lipinski definition) is 2. The molecule has 0 heterocycles. The summed E-state index contributed by atoms with van der Waals surface area (Å²) in [6, 6.07) is 5.35. The van der Waals surface area contributed by atoms with Crippen LogP contribution in [0, 0.1) is 0 Å². The predicted molar refractivity (Wildman–Crippen MR) is 75.9 cm³/mol. The fraction of sp³-hybridized carbons (Fsp3) is 0.467. The number of aryl methyl sites for hydroxylation is 1. The summed E-state index contributed by atoms with van der Waals surface area (Å²) in [5.41, 5.74) is 0.723. The molecule has 0 aliphatic carbocycles. The molecule has 1 aromatic rings. The van der Waals surface area contributed by atoms with Gasteiger partial charge in [0.1, 0.15) is 5.75 Å². The summed E-state index contributed by atoms with van der Waals surface area (Å²) in [6.45, 7) is 0.407. The number of benzene rings is 1. The van der Waals surface area contributed by atoms with Crippen LogP contribution in [0.1, 0.15) is 31.2 Å². The molecule has 1 amide bonds. The van der Waals surface area contributed by atoms with Gasteiger partial charge in [-0.05, 0) is 37.0 Å². The number of carboxylic acid groups (broad SMARTS) is 1. The fourth-order valence-electron chi connectivity index (χ4n) is 1.83. The van der Waals surface area contributed by atoms with Gasteiger partial charge in [-0.1, -0.05) is 12.1 Å². The molecule has 0 aliphatic rings. The number of aliphatic carboxylic acids is 1. The Morgan fingerprint density at radius 3 is 2.30 bits per heavy atom. The van der Waals surface area contributed by atoms with Gasteiger partial charge in [0.05, 0.1) is 0 Å². The fourth-order valence-corrected chi connectivity index (χ4v) is 1.83. The molecule has 0 saturated heterocycles. The minimum absolute atomic E-state index is 0.0716. The van der Waals surface area contributed by atoms with Crippen LogP contribution in [-0.4, -0.2) is 29.9 Å². The first kappa shape index (κ1) is 18.8. The Labute approximate surface area is 131 Å². The summed E-state index contributed by atoms with van der Waals surface area (Å²) in [5, 5.41) is 11.1. The highest BCUT2D eigenvalue weighted by molar-refractivity contribution is 5.76. The molecule has 0 atom stereocenters. The highest BCUT2D eigenvalue weighted by atomic mass is 19.4. The Bertz CT molecular complexity index is 514. The van der Waals surface area contributed by atoms with Crippen LogP contribution in [0.3, 0.4) is 0 Å². The zero-order chi connectivity index (χ0) is 17.3. The van der Waals surface area contributed by atoms with Gasteiger partial charge in [-0.2, -0.15) is 0 Å². The summed E-state index contributed by atoms with van der Waals surface area (Å²) < 4.78 is 39.8. The van der Waals surface area contributed by atoms with Crippen LogP contribution < -0.4 is 10.1 Å². The maximum absolute atomic E-state index is 12.0. The molecule has 0 saturated carbocycles. The summed E-state index contributed by atoms with van der Waals surface area (Å²) in [5.74, 6) is -1.35. The van der Waals surface area contributed by atoms with Crippen molar-refractivity contribution < 1.29 is 32.6 Å². The van der Waals surface area contributed by atoms with Crippen LogP contribution in [-0.2, 0) is 16.0 Å². The normalized spacial score (nSPS) is 11.1. The number of unbranched alkanes of at least 4 members (excludes halogenated alkanes) is 1. The van der Waals surface area contributed by atoms with E-state index in [0.717, 1.165) is 5.56 Å². The Balaban J connectivity index is 2.24. The van der Waals surface area contributed by atoms with Crippen LogP contribution in [0.5, 0.6) is 5.75 Å². The lowest BCUT2D eigenvalue weighted by Crippen LogP contribution is -2.24. The highest BCUT2D eigenvalue weighted by Crippen LogP contribution is 2.22. The van der Waals surface area contributed by atoms with Crippen molar-refractivity contribution in [3.63, 3.8) is 0 Å². The molecular weight excluding hydrogens is 315 g/mol. The Morgan fingerprint density at radius 2 is 1.74 bits per heavy atom. The number of amides is 1. The van der Waals surface area contributed by atoms with Crippen molar-refractivity contribution in [2.75, 3.05) is 6.54 Å². The van der Waals surface area contributed by atoms with Crippen molar-refractivity contribution in [3.05, 3.63) is 29.8 Å². The van der Waals surface area contributed by atoms with Gasteiger partial charge in [-0.3, -0.25) is 9.59 Å². The first-order valence-corrected chi connectivity index (χ1v) is 7.09. The maximum Gasteiger partial charge on any atom is 0.573 e. The maximum atomic E-state index is 12.0. The topological polar surface area (TPSA) is 75.6 Å². The lowest BCUT2D eigenvalue weighted by molar-refractivity contribution is -0.274. The number of rotatable bonds is 9. The number of alkyl halides is 3. The molecule has 0 spiro atoms. The third kappa shape index (κ3) is 9.38. The largest absolute Gasteiger partial charge is 0.573 e. The second-order valence-corrected chi connectivity index (χ2v) is 4.89. The molecule has 0 aromatic heterocycles. The first-order valence-electron chi connectivity index (χ1n) is 7.09. The van der Waals surface area contributed by atoms with Crippen LogP contribution in [0.2, 0.25) is 0 Å². The van der Waals surface area contributed by atoms with Crippen molar-refractivity contribution >= 4 is 11.9 Å². The van der Waals surface area contributed by atoms with Crippen LogP contribution in [0.25, 0.3) is 0 Å². The smallest absolute Gasteiger partial charge is 0.481 e. The minimum Gasteiger partial charge on any atom is -0.481 e. The van der Waals surface area contributed by atoms with Crippen molar-refractivity contribution in [1.29, 1.82) is 0 Å². The molecule has 0 bridgehead atoms. The molecule has 0 aliphatic heterocycles. The lowest BCUT2D eigenvalue weighted by Gasteiger charge is -2.09. The molecule has 0 fully saturated rings. The van der Waals surface area contributed by atoms with Crippen molar-refractivity contribution in [3.8, 4) is 5.75 Å². The monoisotopic (exact) mass is 333 g/mol. The van der Waals surface area contributed by atoms with Crippen LogP contribution in [0.4, 0.5) is 13.2 Å². The van der Waals surface area contributed by atoms with Gasteiger partial charge in [0, 0.05) is 19.4 Å². The van der Waals surface area contributed by atoms with Gasteiger partial charge < -0.3 is 15.2 Å². The van der Waals surface area contributed by atoms with E-state index >= 15 is 0 Å². The zero-order valence-corrected chi connectivity index (χ0v) is 12.4. The zero-order valence-electron chi connectivity index (χ0n) is 12.4. The molecule has 128 valence electrons. The third-order valence-corrected chi connectivity index (χ3v) is 2.94. The average molecular weight is 333 g/mol. The number of carboxylic acids is 1. The average Bonchev–Trinajstić information content (AvgIpc) is 2.44. The number of ether oxygens (including phenoxy) is 1. The van der Waals surface area contributed by atoms with Crippen molar-refractivity contribution in [2.45, 2.75) is 38.5 Å². The van der Waals surface area contributed by atoms with Crippen LogP contribution in [0.15, 0.2) is 24.3 Å². The second-order valence-electron chi connectivity index (χ2n) is 4.89. The molecule has 8 heteroatoms. The summed E-state index contributed by atoms with van der Waals surface area (Å²) in [7, 11) is 0. The van der Waals surface area contributed by atoms with E-state index in [-0.39, 0.29) is 24.5 Å². The van der Waals surface area contributed by atoms with Crippen molar-refractivity contribution in [2.24, 2.45) is 0 Å². The highest BCUT2D eigenvalue weighted by Gasteiger charge is 2.30. The molecule has 0 radical (unpaired) electrons. The molecule has 23 heavy (non-hydrogen) atoms. The second kappa shape index (κ2) is 9.02. The summed E-state index contributed by atoms with van der Waals surface area (Å²) in [6.07, 6.45) is -2.96. The standard InChI is InChI=1S/C15H18F3NO4/c16-15(17,18)23-12-7-4-11(5-8-12)6-9-13(20)19-10-2-1-3-14(21)22/h4-5,7-8H,1-3,6,9-10H2,(H,19,20)(H,21,22). The first-order chi connectivity index (χ1) is 10.8. The third-order valence-electron chi connectivity index (χ3n) is 2.94. The van der Waals surface area contributed by atoms with E-state index in [1.165, 1.54) is 24.3 Å². The quantitative estimate of drug-likeness (QED) is 0.681. The number of carbonyl (C=O) groups excluding carboxylic acids is 1. The Kier molecular flexibility index (Phi) is 7.37. The van der Waals surface area contributed by atoms with Gasteiger partial charge in [0.15, 0.2) is 0 Å². The van der Waals surface area contributed by atoms with E-state index in [1.807, 2.05) is 0 Å². The number of carbonyl (C=O) groups is 2. The van der Waals surface area contributed by atoms with E-state index in [4.69, 9.17) is 5.11 Å². The van der Waals surface area contributed by atoms with E-state index in [9.17, 15) is 22.8 Å².